The first kappa shape index (κ1) is 14.8. The molecule has 0 radical (unpaired) electrons. The number of carboxylic acids is 1. The van der Waals surface area contributed by atoms with Gasteiger partial charge in [0.15, 0.2) is 5.60 Å². The Morgan fingerprint density at radius 2 is 2.00 bits per heavy atom. The number of carboxylic acid groups (broad SMARTS) is 1. The summed E-state index contributed by atoms with van der Waals surface area (Å²) in [7, 11) is 0. The molecule has 1 rings (SSSR count). The summed E-state index contributed by atoms with van der Waals surface area (Å²) in [6.07, 6.45) is 0.0998. The van der Waals surface area contributed by atoms with Crippen molar-refractivity contribution < 1.29 is 24.2 Å². The van der Waals surface area contributed by atoms with E-state index in [4.69, 9.17) is 14.6 Å². The maximum atomic E-state index is 11.9. The lowest BCUT2D eigenvalue weighted by Crippen LogP contribution is -2.49. The minimum absolute atomic E-state index is 0.00273. The summed E-state index contributed by atoms with van der Waals surface area (Å²) < 4.78 is 10.6. The van der Waals surface area contributed by atoms with E-state index in [2.05, 4.69) is 0 Å². The van der Waals surface area contributed by atoms with Crippen molar-refractivity contribution in [2.24, 2.45) is 0 Å². The largest absolute Gasteiger partial charge is 0.479 e. The van der Waals surface area contributed by atoms with E-state index in [0.717, 1.165) is 0 Å². The highest BCUT2D eigenvalue weighted by Gasteiger charge is 2.40. The lowest BCUT2D eigenvalue weighted by molar-refractivity contribution is -0.163. The molecule has 1 heterocycles. The van der Waals surface area contributed by atoms with Crippen molar-refractivity contribution in [3.8, 4) is 0 Å². The third kappa shape index (κ3) is 3.87. The number of carbonyl (C=O) groups is 2. The van der Waals surface area contributed by atoms with Crippen LogP contribution in [0.25, 0.3) is 0 Å². The van der Waals surface area contributed by atoms with Crippen LogP contribution in [0.4, 0.5) is 4.79 Å². The topological polar surface area (TPSA) is 76.1 Å². The van der Waals surface area contributed by atoms with Crippen LogP contribution >= 0.6 is 0 Å². The maximum Gasteiger partial charge on any atom is 0.410 e. The molecule has 1 saturated heterocycles. The Labute approximate surface area is 107 Å². The normalized spacial score (nSPS) is 25.4. The van der Waals surface area contributed by atoms with Crippen molar-refractivity contribution in [1.29, 1.82) is 0 Å². The Morgan fingerprint density at radius 3 is 2.50 bits per heavy atom. The van der Waals surface area contributed by atoms with E-state index in [9.17, 15) is 9.59 Å². The van der Waals surface area contributed by atoms with Gasteiger partial charge in [0.25, 0.3) is 0 Å². The van der Waals surface area contributed by atoms with Crippen LogP contribution in [0.2, 0.25) is 0 Å². The molecule has 1 fully saturated rings. The summed E-state index contributed by atoms with van der Waals surface area (Å²) in [5, 5.41) is 9.15. The molecule has 1 aliphatic heterocycles. The molecule has 0 spiro atoms. The van der Waals surface area contributed by atoms with Crippen LogP contribution in [0, 0.1) is 0 Å². The molecule has 0 bridgehead atoms. The molecular weight excluding hydrogens is 238 g/mol. The van der Waals surface area contributed by atoms with Gasteiger partial charge >= 0.3 is 12.1 Å². The van der Waals surface area contributed by atoms with Crippen molar-refractivity contribution in [2.75, 3.05) is 19.7 Å². The van der Waals surface area contributed by atoms with E-state index in [1.165, 1.54) is 11.8 Å². The van der Waals surface area contributed by atoms with E-state index in [1.807, 2.05) is 0 Å². The summed E-state index contributed by atoms with van der Waals surface area (Å²) >= 11 is 0. The SMILES string of the molecule is CC(C)(C)OC(=O)N1CCCO[C@](C)(C(=O)O)C1. The fraction of sp³-hybridized carbons (Fsp3) is 0.833. The van der Waals surface area contributed by atoms with Crippen molar-refractivity contribution in [2.45, 2.75) is 45.3 Å². The second-order valence-corrected chi connectivity index (χ2v) is 5.64. The van der Waals surface area contributed by atoms with E-state index in [0.29, 0.717) is 19.6 Å². The van der Waals surface area contributed by atoms with Crippen LogP contribution in [0.5, 0.6) is 0 Å². The second-order valence-electron chi connectivity index (χ2n) is 5.64. The molecule has 0 unspecified atom stereocenters. The lowest BCUT2D eigenvalue weighted by atomic mass is 10.1. The molecule has 1 N–H and O–H groups in total. The molecule has 1 atom stereocenters. The van der Waals surface area contributed by atoms with Gasteiger partial charge in [0.2, 0.25) is 0 Å². The average molecular weight is 259 g/mol. The van der Waals surface area contributed by atoms with Crippen molar-refractivity contribution in [3.63, 3.8) is 0 Å². The zero-order valence-corrected chi connectivity index (χ0v) is 11.4. The first-order valence-corrected chi connectivity index (χ1v) is 5.99. The maximum absolute atomic E-state index is 11.9. The Hall–Kier alpha value is -1.30. The molecule has 18 heavy (non-hydrogen) atoms. The number of hydrogen-bond acceptors (Lipinski definition) is 4. The predicted molar refractivity (Wildman–Crippen MR) is 64.4 cm³/mol. The minimum atomic E-state index is -1.37. The fourth-order valence-electron chi connectivity index (χ4n) is 1.65. The van der Waals surface area contributed by atoms with Gasteiger partial charge in [-0.1, -0.05) is 0 Å². The van der Waals surface area contributed by atoms with Crippen molar-refractivity contribution >= 4 is 12.1 Å². The van der Waals surface area contributed by atoms with Gasteiger partial charge in [-0.2, -0.15) is 0 Å². The number of nitrogens with zero attached hydrogens (tertiary/aromatic N) is 1. The molecule has 0 aromatic carbocycles. The van der Waals surface area contributed by atoms with Crippen LogP contribution in [0.15, 0.2) is 0 Å². The van der Waals surface area contributed by atoms with Gasteiger partial charge in [0.1, 0.15) is 5.60 Å². The van der Waals surface area contributed by atoms with E-state index < -0.39 is 23.3 Å². The van der Waals surface area contributed by atoms with E-state index in [-0.39, 0.29) is 6.54 Å². The highest BCUT2D eigenvalue weighted by Crippen LogP contribution is 2.20. The number of amides is 1. The van der Waals surface area contributed by atoms with E-state index >= 15 is 0 Å². The quantitative estimate of drug-likeness (QED) is 0.772. The predicted octanol–water partition coefficient (Wildman–Crippen LogP) is 1.49. The Morgan fingerprint density at radius 1 is 1.39 bits per heavy atom. The molecule has 0 saturated carbocycles. The summed E-state index contributed by atoms with van der Waals surface area (Å²) in [6, 6.07) is 0. The number of carbonyl (C=O) groups excluding carboxylic acids is 1. The minimum Gasteiger partial charge on any atom is -0.479 e. The molecule has 0 aromatic heterocycles. The molecule has 1 amide bonds. The fourth-order valence-corrected chi connectivity index (χ4v) is 1.65. The lowest BCUT2D eigenvalue weighted by Gasteiger charge is -2.30. The van der Waals surface area contributed by atoms with Crippen LogP contribution in [0.1, 0.15) is 34.1 Å². The Balaban J connectivity index is 2.76. The molecule has 1 aliphatic rings. The van der Waals surface area contributed by atoms with Gasteiger partial charge < -0.3 is 19.5 Å². The first-order chi connectivity index (χ1) is 8.14. The zero-order valence-electron chi connectivity index (χ0n) is 11.4. The molecule has 6 nitrogen and oxygen atoms in total. The Kier molecular flexibility index (Phi) is 4.21. The zero-order chi connectivity index (χ0) is 14.0. The summed E-state index contributed by atoms with van der Waals surface area (Å²) in [6.45, 7) is 7.55. The van der Waals surface area contributed by atoms with Gasteiger partial charge in [-0.3, -0.25) is 0 Å². The van der Waals surface area contributed by atoms with Gasteiger partial charge in [0.05, 0.1) is 6.54 Å². The third-order valence-corrected chi connectivity index (χ3v) is 2.59. The summed E-state index contributed by atoms with van der Waals surface area (Å²) in [4.78, 5) is 24.5. The monoisotopic (exact) mass is 259 g/mol. The highest BCUT2D eigenvalue weighted by atomic mass is 16.6. The second kappa shape index (κ2) is 5.14. The van der Waals surface area contributed by atoms with E-state index in [1.54, 1.807) is 20.8 Å². The van der Waals surface area contributed by atoms with Crippen LogP contribution in [-0.4, -0.2) is 53.0 Å². The number of hydrogen-bond donors (Lipinski definition) is 1. The van der Waals surface area contributed by atoms with Crippen molar-refractivity contribution in [3.05, 3.63) is 0 Å². The van der Waals surface area contributed by atoms with Crippen molar-refractivity contribution in [1.82, 2.24) is 4.90 Å². The summed E-state index contributed by atoms with van der Waals surface area (Å²) in [5.41, 5.74) is -1.96. The average Bonchev–Trinajstić information content (AvgIpc) is 2.38. The third-order valence-electron chi connectivity index (χ3n) is 2.59. The molecule has 6 heteroatoms. The number of aliphatic carboxylic acids is 1. The van der Waals surface area contributed by atoms with Gasteiger partial charge in [-0.05, 0) is 34.1 Å². The van der Waals surface area contributed by atoms with Gasteiger partial charge in [-0.15, -0.1) is 0 Å². The molecular formula is C12H21NO5. The van der Waals surface area contributed by atoms with Crippen LogP contribution in [0.3, 0.4) is 0 Å². The van der Waals surface area contributed by atoms with Crippen LogP contribution in [-0.2, 0) is 14.3 Å². The highest BCUT2D eigenvalue weighted by molar-refractivity contribution is 5.78. The van der Waals surface area contributed by atoms with Crippen LogP contribution < -0.4 is 0 Å². The van der Waals surface area contributed by atoms with Gasteiger partial charge in [-0.25, -0.2) is 9.59 Å². The molecule has 0 aromatic rings. The Bertz CT molecular complexity index is 336. The number of ether oxygens (including phenoxy) is 2. The molecule has 104 valence electrons. The first-order valence-electron chi connectivity index (χ1n) is 5.99. The number of rotatable bonds is 1. The van der Waals surface area contributed by atoms with Gasteiger partial charge in [0, 0.05) is 13.2 Å². The smallest absolute Gasteiger partial charge is 0.410 e. The summed E-state index contributed by atoms with van der Waals surface area (Å²) in [5.74, 6) is -1.07. The standard InChI is InChI=1S/C12H21NO5/c1-11(2,3)18-10(16)13-6-5-7-17-12(4,8-13)9(14)15/h5-8H2,1-4H3,(H,14,15)/t12-/m0/s1. The molecule has 0 aliphatic carbocycles.